The Balaban J connectivity index is 1.55. The Hall–Kier alpha value is -3.26. The third kappa shape index (κ3) is 3.07. The van der Waals surface area contributed by atoms with Crippen molar-refractivity contribution in [3.8, 4) is 11.4 Å². The highest BCUT2D eigenvalue weighted by atomic mass is 32.1. The molecule has 0 atom stereocenters. The van der Waals surface area contributed by atoms with Gasteiger partial charge in [0.25, 0.3) is 5.91 Å². The first-order valence-electron chi connectivity index (χ1n) is 7.46. The first-order valence-corrected chi connectivity index (χ1v) is 8.28. The van der Waals surface area contributed by atoms with Crippen LogP contribution in [0.4, 0.5) is 5.13 Å². The van der Waals surface area contributed by atoms with Crippen molar-refractivity contribution in [2.45, 2.75) is 0 Å². The van der Waals surface area contributed by atoms with E-state index >= 15 is 0 Å². The fraction of sp³-hybridized carbons (Fsp3) is 0.0588. The number of ether oxygens (including phenoxy) is 1. The van der Waals surface area contributed by atoms with E-state index in [1.807, 2.05) is 48.5 Å². The van der Waals surface area contributed by atoms with Crippen LogP contribution in [0, 0.1) is 0 Å². The SMILES string of the molecule is COc1ccc2nc(NC(=O)c3cn(-c4ccccc4)nn3)sc2c1. The molecule has 0 spiro atoms. The van der Waals surface area contributed by atoms with Crippen LogP contribution in [0.5, 0.6) is 5.75 Å². The van der Waals surface area contributed by atoms with Gasteiger partial charge in [0.05, 0.1) is 29.2 Å². The lowest BCUT2D eigenvalue weighted by molar-refractivity contribution is 0.102. The number of nitrogens with zero attached hydrogens (tertiary/aromatic N) is 4. The molecule has 0 unspecified atom stereocenters. The van der Waals surface area contributed by atoms with Crippen molar-refractivity contribution >= 4 is 32.6 Å². The van der Waals surface area contributed by atoms with Crippen molar-refractivity contribution < 1.29 is 9.53 Å². The molecule has 0 aliphatic carbocycles. The van der Waals surface area contributed by atoms with E-state index < -0.39 is 0 Å². The van der Waals surface area contributed by atoms with Crippen molar-refractivity contribution in [1.82, 2.24) is 20.0 Å². The van der Waals surface area contributed by atoms with E-state index in [-0.39, 0.29) is 11.6 Å². The number of nitrogens with one attached hydrogen (secondary N) is 1. The summed E-state index contributed by atoms with van der Waals surface area (Å²) in [6.07, 6.45) is 1.58. The molecule has 0 radical (unpaired) electrons. The van der Waals surface area contributed by atoms with Crippen molar-refractivity contribution in [3.63, 3.8) is 0 Å². The number of hydrogen-bond acceptors (Lipinski definition) is 6. The van der Waals surface area contributed by atoms with Gasteiger partial charge < -0.3 is 4.74 Å². The Labute approximate surface area is 146 Å². The Morgan fingerprint density at radius 3 is 2.84 bits per heavy atom. The summed E-state index contributed by atoms with van der Waals surface area (Å²) in [5.74, 6) is 0.396. The van der Waals surface area contributed by atoms with Gasteiger partial charge in [-0.1, -0.05) is 34.7 Å². The van der Waals surface area contributed by atoms with Gasteiger partial charge in [0.2, 0.25) is 0 Å². The first-order chi connectivity index (χ1) is 12.2. The highest BCUT2D eigenvalue weighted by Gasteiger charge is 2.14. The van der Waals surface area contributed by atoms with Gasteiger partial charge in [-0.05, 0) is 30.3 Å². The molecule has 1 N–H and O–H groups in total. The second-order valence-electron chi connectivity index (χ2n) is 5.19. The zero-order chi connectivity index (χ0) is 17.2. The summed E-state index contributed by atoms with van der Waals surface area (Å²) in [4.78, 5) is 16.8. The second kappa shape index (κ2) is 6.33. The van der Waals surface area contributed by atoms with Gasteiger partial charge in [-0.25, -0.2) is 9.67 Å². The normalized spacial score (nSPS) is 10.8. The maximum absolute atomic E-state index is 12.4. The fourth-order valence-corrected chi connectivity index (χ4v) is 3.21. The number of rotatable bonds is 4. The van der Waals surface area contributed by atoms with Crippen LogP contribution in [0.2, 0.25) is 0 Å². The predicted octanol–water partition coefficient (Wildman–Crippen LogP) is 3.14. The summed E-state index contributed by atoms with van der Waals surface area (Å²) in [5.41, 5.74) is 1.86. The molecule has 0 aliphatic rings. The largest absolute Gasteiger partial charge is 0.497 e. The first kappa shape index (κ1) is 15.3. The number of methoxy groups -OCH3 is 1. The molecule has 4 aromatic rings. The van der Waals surface area contributed by atoms with Crippen LogP contribution >= 0.6 is 11.3 Å². The second-order valence-corrected chi connectivity index (χ2v) is 6.22. The lowest BCUT2D eigenvalue weighted by atomic mass is 10.3. The van der Waals surface area contributed by atoms with Crippen LogP contribution in [-0.2, 0) is 0 Å². The van der Waals surface area contributed by atoms with E-state index in [1.165, 1.54) is 11.3 Å². The highest BCUT2D eigenvalue weighted by Crippen LogP contribution is 2.29. The summed E-state index contributed by atoms with van der Waals surface area (Å²) in [6, 6.07) is 15.0. The Kier molecular flexibility index (Phi) is 3.87. The fourth-order valence-electron chi connectivity index (χ4n) is 2.32. The van der Waals surface area contributed by atoms with E-state index in [2.05, 4.69) is 20.6 Å². The summed E-state index contributed by atoms with van der Waals surface area (Å²) < 4.78 is 7.68. The molecule has 0 bridgehead atoms. The molecule has 0 aliphatic heterocycles. The number of carbonyl (C=O) groups excluding carboxylic acids is 1. The van der Waals surface area contributed by atoms with Crippen LogP contribution < -0.4 is 10.1 Å². The average molecular weight is 351 g/mol. The third-order valence-corrected chi connectivity index (χ3v) is 4.50. The molecule has 2 aromatic heterocycles. The zero-order valence-corrected chi connectivity index (χ0v) is 14.0. The van der Waals surface area contributed by atoms with E-state index in [0.29, 0.717) is 5.13 Å². The number of anilines is 1. The van der Waals surface area contributed by atoms with E-state index in [4.69, 9.17) is 4.74 Å². The molecule has 0 fully saturated rings. The van der Waals surface area contributed by atoms with E-state index in [0.717, 1.165) is 21.7 Å². The topological polar surface area (TPSA) is 81.9 Å². The Bertz CT molecular complexity index is 1040. The smallest absolute Gasteiger partial charge is 0.279 e. The average Bonchev–Trinajstić information content (AvgIpc) is 3.28. The van der Waals surface area contributed by atoms with Gasteiger partial charge in [0.1, 0.15) is 5.75 Å². The zero-order valence-electron chi connectivity index (χ0n) is 13.2. The van der Waals surface area contributed by atoms with E-state index in [9.17, 15) is 4.79 Å². The Morgan fingerprint density at radius 1 is 1.20 bits per heavy atom. The molecular weight excluding hydrogens is 338 g/mol. The molecule has 7 nitrogen and oxygen atoms in total. The minimum atomic E-state index is -0.354. The molecule has 0 saturated carbocycles. The minimum absolute atomic E-state index is 0.223. The number of para-hydroxylation sites is 1. The maximum atomic E-state index is 12.4. The number of carbonyl (C=O) groups is 1. The number of hydrogen-bond donors (Lipinski definition) is 1. The van der Waals surface area contributed by atoms with Crippen molar-refractivity contribution in [3.05, 3.63) is 60.4 Å². The lowest BCUT2D eigenvalue weighted by Gasteiger charge is -1.98. The quantitative estimate of drug-likeness (QED) is 0.611. The number of aromatic nitrogens is 4. The summed E-state index contributed by atoms with van der Waals surface area (Å²) >= 11 is 1.37. The van der Waals surface area contributed by atoms with Crippen LogP contribution in [0.1, 0.15) is 10.5 Å². The number of thiazole rings is 1. The molecule has 0 saturated heterocycles. The van der Waals surface area contributed by atoms with Gasteiger partial charge in [0, 0.05) is 0 Å². The van der Waals surface area contributed by atoms with Crippen LogP contribution in [0.25, 0.3) is 15.9 Å². The van der Waals surface area contributed by atoms with Crippen LogP contribution in [-0.4, -0.2) is 33.0 Å². The summed E-state index contributed by atoms with van der Waals surface area (Å²) in [5, 5.41) is 11.2. The van der Waals surface area contributed by atoms with Crippen molar-refractivity contribution in [2.24, 2.45) is 0 Å². The molecule has 2 heterocycles. The van der Waals surface area contributed by atoms with Gasteiger partial charge in [-0.3, -0.25) is 10.1 Å². The van der Waals surface area contributed by atoms with Crippen LogP contribution in [0.3, 0.4) is 0 Å². The number of fused-ring (bicyclic) bond motifs is 1. The number of benzene rings is 2. The molecule has 8 heteroatoms. The summed E-state index contributed by atoms with van der Waals surface area (Å²) in [7, 11) is 1.61. The van der Waals surface area contributed by atoms with Gasteiger partial charge >= 0.3 is 0 Å². The Morgan fingerprint density at radius 2 is 2.04 bits per heavy atom. The van der Waals surface area contributed by atoms with Gasteiger partial charge in [0.15, 0.2) is 10.8 Å². The number of amides is 1. The minimum Gasteiger partial charge on any atom is -0.497 e. The maximum Gasteiger partial charge on any atom is 0.279 e. The van der Waals surface area contributed by atoms with Gasteiger partial charge in [-0.2, -0.15) is 0 Å². The predicted molar refractivity (Wildman–Crippen MR) is 95.5 cm³/mol. The highest BCUT2D eigenvalue weighted by molar-refractivity contribution is 7.22. The summed E-state index contributed by atoms with van der Waals surface area (Å²) in [6.45, 7) is 0. The molecule has 124 valence electrons. The third-order valence-electron chi connectivity index (χ3n) is 3.56. The molecular formula is C17H13N5O2S. The molecule has 25 heavy (non-hydrogen) atoms. The van der Waals surface area contributed by atoms with Crippen LogP contribution in [0.15, 0.2) is 54.7 Å². The molecule has 2 aromatic carbocycles. The van der Waals surface area contributed by atoms with Crippen molar-refractivity contribution in [2.75, 3.05) is 12.4 Å². The van der Waals surface area contributed by atoms with Gasteiger partial charge in [-0.15, -0.1) is 5.10 Å². The standard InChI is InChI=1S/C17H13N5O2S/c1-24-12-7-8-13-15(9-12)25-17(18-13)19-16(23)14-10-22(21-20-14)11-5-3-2-4-6-11/h2-10H,1H3,(H,18,19,23). The van der Waals surface area contributed by atoms with Crippen molar-refractivity contribution in [1.29, 1.82) is 0 Å². The monoisotopic (exact) mass is 351 g/mol. The molecule has 1 amide bonds. The molecule has 4 rings (SSSR count). The lowest BCUT2D eigenvalue weighted by Crippen LogP contribution is -2.12. The van der Waals surface area contributed by atoms with E-state index in [1.54, 1.807) is 18.0 Å².